The number of aliphatic hydroxyl groups excluding tert-OH is 1. The summed E-state index contributed by atoms with van der Waals surface area (Å²) in [6.45, 7) is 2.05. The lowest BCUT2D eigenvalue weighted by Gasteiger charge is -2.34. The third kappa shape index (κ3) is 3.51. The SMILES string of the molecule is CCOP(=O)(OCC)C1=C(C(F)(F)C(F)(F)F)Oc2ccccc2C1O. The minimum absolute atomic E-state index is 0.135. The van der Waals surface area contributed by atoms with Gasteiger partial charge in [0, 0.05) is 5.56 Å². The molecule has 1 aliphatic rings. The fraction of sp³-hybridized carbons (Fsp3) is 0.467. The van der Waals surface area contributed by atoms with Crippen molar-refractivity contribution in [3.05, 3.63) is 40.9 Å². The van der Waals surface area contributed by atoms with E-state index in [0.717, 1.165) is 6.07 Å². The van der Waals surface area contributed by atoms with Gasteiger partial charge < -0.3 is 18.9 Å². The summed E-state index contributed by atoms with van der Waals surface area (Å²) < 4.78 is 94.4. The van der Waals surface area contributed by atoms with Gasteiger partial charge in [0.05, 0.1) is 13.2 Å². The molecule has 1 aromatic rings. The molecule has 11 heteroatoms. The molecule has 146 valence electrons. The number of fused-ring (bicyclic) bond motifs is 1. The number of para-hydroxylation sites is 1. The zero-order chi connectivity index (χ0) is 19.8. The number of halogens is 5. The molecule has 1 N–H and O–H groups in total. The Balaban J connectivity index is 2.78. The van der Waals surface area contributed by atoms with Crippen LogP contribution in [-0.2, 0) is 13.6 Å². The summed E-state index contributed by atoms with van der Waals surface area (Å²) >= 11 is 0. The second kappa shape index (κ2) is 7.26. The highest BCUT2D eigenvalue weighted by Crippen LogP contribution is 2.65. The van der Waals surface area contributed by atoms with Crippen molar-refractivity contribution in [2.24, 2.45) is 0 Å². The Labute approximate surface area is 145 Å². The molecule has 0 aliphatic carbocycles. The quantitative estimate of drug-likeness (QED) is 0.548. The van der Waals surface area contributed by atoms with Crippen LogP contribution >= 0.6 is 7.60 Å². The molecule has 0 saturated heterocycles. The van der Waals surface area contributed by atoms with Gasteiger partial charge in [-0.2, -0.15) is 22.0 Å². The number of alkyl halides is 5. The van der Waals surface area contributed by atoms with E-state index in [-0.39, 0.29) is 18.8 Å². The van der Waals surface area contributed by atoms with E-state index in [1.165, 1.54) is 32.0 Å². The molecule has 0 radical (unpaired) electrons. The van der Waals surface area contributed by atoms with Crippen LogP contribution < -0.4 is 4.74 Å². The third-order valence-corrected chi connectivity index (χ3v) is 5.69. The molecule has 0 bridgehead atoms. The molecule has 1 aromatic carbocycles. The predicted molar refractivity (Wildman–Crippen MR) is 80.9 cm³/mol. The lowest BCUT2D eigenvalue weighted by molar-refractivity contribution is -0.273. The van der Waals surface area contributed by atoms with Gasteiger partial charge in [0.2, 0.25) is 0 Å². The van der Waals surface area contributed by atoms with E-state index in [1.54, 1.807) is 0 Å². The topological polar surface area (TPSA) is 65.0 Å². The van der Waals surface area contributed by atoms with E-state index in [1.807, 2.05) is 0 Å². The third-order valence-electron chi connectivity index (χ3n) is 3.45. The Morgan fingerprint density at radius 3 is 2.15 bits per heavy atom. The number of allylic oxidation sites excluding steroid dienone is 1. The van der Waals surface area contributed by atoms with E-state index in [2.05, 4.69) is 0 Å². The molecular formula is C15H16F5O5P. The lowest BCUT2D eigenvalue weighted by Crippen LogP contribution is -2.42. The van der Waals surface area contributed by atoms with Gasteiger partial charge in [-0.3, -0.25) is 4.57 Å². The molecule has 5 nitrogen and oxygen atoms in total. The smallest absolute Gasteiger partial charge is 0.454 e. The molecule has 1 unspecified atom stereocenters. The number of hydrogen-bond donors (Lipinski definition) is 1. The lowest BCUT2D eigenvalue weighted by atomic mass is 10.0. The second-order valence-electron chi connectivity index (χ2n) is 5.16. The zero-order valence-electron chi connectivity index (χ0n) is 13.7. The van der Waals surface area contributed by atoms with Gasteiger partial charge in [-0.1, -0.05) is 18.2 Å². The Hall–Kier alpha value is -1.48. The highest BCUT2D eigenvalue weighted by atomic mass is 31.2. The van der Waals surface area contributed by atoms with E-state index < -0.39 is 42.6 Å². The van der Waals surface area contributed by atoms with Crippen LogP contribution in [0.25, 0.3) is 0 Å². The maximum Gasteiger partial charge on any atom is 0.461 e. The molecule has 0 spiro atoms. The Morgan fingerprint density at radius 1 is 1.12 bits per heavy atom. The first kappa shape index (κ1) is 20.8. The van der Waals surface area contributed by atoms with Crippen molar-refractivity contribution in [1.82, 2.24) is 0 Å². The van der Waals surface area contributed by atoms with Gasteiger partial charge in [-0.05, 0) is 19.9 Å². The Morgan fingerprint density at radius 2 is 1.65 bits per heavy atom. The first-order valence-electron chi connectivity index (χ1n) is 7.53. The van der Waals surface area contributed by atoms with Gasteiger partial charge in [-0.15, -0.1) is 0 Å². The molecule has 1 aliphatic heterocycles. The van der Waals surface area contributed by atoms with Crippen molar-refractivity contribution in [3.8, 4) is 5.75 Å². The Bertz CT molecular complexity index is 736. The fourth-order valence-corrected chi connectivity index (χ4v) is 4.28. The van der Waals surface area contributed by atoms with Gasteiger partial charge in [0.25, 0.3) is 0 Å². The second-order valence-corrected chi connectivity index (χ2v) is 7.16. The largest absolute Gasteiger partial charge is 0.461 e. The summed E-state index contributed by atoms with van der Waals surface area (Å²) in [7, 11) is -4.70. The van der Waals surface area contributed by atoms with Crippen LogP contribution in [0.2, 0.25) is 0 Å². The van der Waals surface area contributed by atoms with Crippen molar-refractivity contribution in [2.45, 2.75) is 32.1 Å². The van der Waals surface area contributed by atoms with Crippen LogP contribution in [0.5, 0.6) is 5.75 Å². The first-order chi connectivity index (χ1) is 12.0. The van der Waals surface area contributed by atoms with Crippen LogP contribution in [0.15, 0.2) is 35.3 Å². The van der Waals surface area contributed by atoms with Crippen molar-refractivity contribution in [2.75, 3.05) is 13.2 Å². The summed E-state index contributed by atoms with van der Waals surface area (Å²) in [6.07, 6.45) is -8.14. The standard InChI is InChI=1S/C15H16F5O5P/c1-3-23-26(22,24-4-2)12-11(21)9-7-5-6-8-10(9)25-13(12)14(16,17)15(18,19)20/h5-8,11,21H,3-4H2,1-2H3. The molecule has 2 rings (SSSR count). The van der Waals surface area contributed by atoms with Gasteiger partial charge >= 0.3 is 19.7 Å². The molecule has 1 atom stereocenters. The maximum absolute atomic E-state index is 14.1. The average Bonchev–Trinajstić information content (AvgIpc) is 2.54. The highest BCUT2D eigenvalue weighted by Gasteiger charge is 2.65. The predicted octanol–water partition coefficient (Wildman–Crippen LogP) is 4.79. The van der Waals surface area contributed by atoms with E-state index in [9.17, 15) is 31.6 Å². The summed E-state index contributed by atoms with van der Waals surface area (Å²) in [5.41, 5.74) is -0.135. The van der Waals surface area contributed by atoms with E-state index in [4.69, 9.17) is 13.8 Å². The van der Waals surface area contributed by atoms with Crippen molar-refractivity contribution >= 4 is 7.60 Å². The minimum Gasteiger partial charge on any atom is -0.454 e. The number of rotatable bonds is 6. The normalized spacial score (nSPS) is 18.5. The van der Waals surface area contributed by atoms with Crippen molar-refractivity contribution in [3.63, 3.8) is 0 Å². The monoisotopic (exact) mass is 402 g/mol. The fourth-order valence-electron chi connectivity index (χ4n) is 2.38. The molecule has 0 aromatic heterocycles. The summed E-state index contributed by atoms with van der Waals surface area (Å²) in [6, 6.07) is 5.07. The number of benzene rings is 1. The average molecular weight is 402 g/mol. The van der Waals surface area contributed by atoms with Crippen LogP contribution in [-0.4, -0.2) is 30.4 Å². The molecule has 26 heavy (non-hydrogen) atoms. The van der Waals surface area contributed by atoms with Crippen molar-refractivity contribution < 1.29 is 45.4 Å². The van der Waals surface area contributed by atoms with Crippen LogP contribution in [0.4, 0.5) is 22.0 Å². The highest BCUT2D eigenvalue weighted by molar-refractivity contribution is 7.58. The first-order valence-corrected chi connectivity index (χ1v) is 9.07. The summed E-state index contributed by atoms with van der Waals surface area (Å²) in [5, 5.41) is 9.18. The van der Waals surface area contributed by atoms with Gasteiger partial charge in [-0.25, -0.2) is 0 Å². The number of ether oxygens (including phenoxy) is 1. The number of hydrogen-bond acceptors (Lipinski definition) is 5. The van der Waals surface area contributed by atoms with E-state index in [0.29, 0.717) is 0 Å². The Kier molecular flexibility index (Phi) is 5.82. The minimum atomic E-state index is -6.05. The maximum atomic E-state index is 14.1. The van der Waals surface area contributed by atoms with Gasteiger partial charge in [0.15, 0.2) is 5.76 Å². The van der Waals surface area contributed by atoms with Gasteiger partial charge in [0.1, 0.15) is 17.2 Å². The van der Waals surface area contributed by atoms with Crippen LogP contribution in [0, 0.1) is 0 Å². The molecule has 0 fully saturated rings. The van der Waals surface area contributed by atoms with E-state index >= 15 is 0 Å². The molecule has 1 heterocycles. The summed E-state index contributed by atoms with van der Waals surface area (Å²) in [4.78, 5) is 0. The zero-order valence-corrected chi connectivity index (χ0v) is 14.6. The van der Waals surface area contributed by atoms with Crippen LogP contribution in [0.1, 0.15) is 25.5 Å². The molecular weight excluding hydrogens is 386 g/mol. The summed E-state index contributed by atoms with van der Waals surface area (Å²) in [5.74, 6) is -7.94. The number of aliphatic hydroxyl groups is 1. The van der Waals surface area contributed by atoms with Crippen LogP contribution in [0.3, 0.4) is 0 Å². The molecule has 0 saturated carbocycles. The molecule has 0 amide bonds. The van der Waals surface area contributed by atoms with Crippen molar-refractivity contribution in [1.29, 1.82) is 0 Å².